The van der Waals surface area contributed by atoms with Gasteiger partial charge in [0.2, 0.25) is 10.0 Å². The SMILES string of the molecule is CN(c1cccc(CNC(=O)N2CCC[C@H]2CO)c1)S(C)(=O)=O. The Morgan fingerprint density at radius 1 is 1.48 bits per heavy atom. The van der Waals surface area contributed by atoms with Crippen LogP contribution in [0.15, 0.2) is 24.3 Å². The molecule has 0 bridgehead atoms. The number of carbonyl (C=O) groups excluding carboxylic acids is 1. The molecular formula is C15H23N3O4S. The number of anilines is 1. The quantitative estimate of drug-likeness (QED) is 0.827. The molecule has 0 radical (unpaired) electrons. The van der Waals surface area contributed by atoms with Gasteiger partial charge in [0.1, 0.15) is 0 Å². The molecule has 2 amide bonds. The van der Waals surface area contributed by atoms with Crippen molar-refractivity contribution in [2.75, 3.05) is 30.8 Å². The molecule has 7 nitrogen and oxygen atoms in total. The first-order valence-corrected chi connectivity index (χ1v) is 9.36. The number of sulfonamides is 1. The minimum absolute atomic E-state index is 0.0257. The van der Waals surface area contributed by atoms with Crippen LogP contribution < -0.4 is 9.62 Å². The van der Waals surface area contributed by atoms with Crippen LogP contribution >= 0.6 is 0 Å². The highest BCUT2D eigenvalue weighted by molar-refractivity contribution is 7.92. The summed E-state index contributed by atoms with van der Waals surface area (Å²) in [5.41, 5.74) is 1.36. The first kappa shape index (κ1) is 17.6. The summed E-state index contributed by atoms with van der Waals surface area (Å²) in [4.78, 5) is 13.8. The fourth-order valence-electron chi connectivity index (χ4n) is 2.63. The van der Waals surface area contributed by atoms with E-state index in [-0.39, 0.29) is 18.7 Å². The number of rotatable bonds is 5. The number of amides is 2. The van der Waals surface area contributed by atoms with Crippen LogP contribution in [0, 0.1) is 0 Å². The highest BCUT2D eigenvalue weighted by Gasteiger charge is 2.27. The normalized spacial score (nSPS) is 18.0. The Balaban J connectivity index is 2.00. The second kappa shape index (κ2) is 7.18. The lowest BCUT2D eigenvalue weighted by Gasteiger charge is -2.23. The third kappa shape index (κ3) is 4.35. The number of likely N-dealkylation sites (tertiary alicyclic amines) is 1. The summed E-state index contributed by atoms with van der Waals surface area (Å²) in [7, 11) is -1.83. The summed E-state index contributed by atoms with van der Waals surface area (Å²) in [6.07, 6.45) is 2.86. The van der Waals surface area contributed by atoms with E-state index in [1.807, 2.05) is 6.07 Å². The van der Waals surface area contributed by atoms with E-state index in [2.05, 4.69) is 5.32 Å². The average molecular weight is 341 g/mol. The molecule has 2 N–H and O–H groups in total. The van der Waals surface area contributed by atoms with Crippen LogP contribution in [0.25, 0.3) is 0 Å². The van der Waals surface area contributed by atoms with Crippen molar-refractivity contribution >= 4 is 21.7 Å². The molecule has 1 aliphatic rings. The van der Waals surface area contributed by atoms with Crippen molar-refractivity contribution in [1.82, 2.24) is 10.2 Å². The minimum atomic E-state index is -3.32. The van der Waals surface area contributed by atoms with E-state index in [1.165, 1.54) is 11.4 Å². The molecule has 0 aliphatic carbocycles. The Morgan fingerprint density at radius 3 is 2.87 bits per heavy atom. The van der Waals surface area contributed by atoms with Crippen molar-refractivity contribution in [2.45, 2.75) is 25.4 Å². The summed E-state index contributed by atoms with van der Waals surface area (Å²) < 4.78 is 24.4. The zero-order valence-electron chi connectivity index (χ0n) is 13.4. The van der Waals surface area contributed by atoms with Gasteiger partial charge in [-0.3, -0.25) is 4.31 Å². The number of hydrogen-bond donors (Lipinski definition) is 2. The van der Waals surface area contributed by atoms with Gasteiger partial charge in [-0.05, 0) is 30.5 Å². The molecule has 0 spiro atoms. The number of hydrogen-bond acceptors (Lipinski definition) is 4. The van der Waals surface area contributed by atoms with E-state index in [9.17, 15) is 18.3 Å². The van der Waals surface area contributed by atoms with Crippen LogP contribution in [0.2, 0.25) is 0 Å². The highest BCUT2D eigenvalue weighted by Crippen LogP contribution is 2.18. The predicted molar refractivity (Wildman–Crippen MR) is 88.7 cm³/mol. The number of nitrogens with one attached hydrogen (secondary N) is 1. The second-order valence-corrected chi connectivity index (χ2v) is 7.74. The van der Waals surface area contributed by atoms with Crippen molar-refractivity contribution in [2.24, 2.45) is 0 Å². The third-order valence-corrected chi connectivity index (χ3v) is 5.27. The summed E-state index contributed by atoms with van der Waals surface area (Å²) in [5, 5.41) is 12.1. The first-order chi connectivity index (χ1) is 10.8. The van der Waals surface area contributed by atoms with Crippen molar-refractivity contribution in [3.05, 3.63) is 29.8 Å². The lowest BCUT2D eigenvalue weighted by Crippen LogP contribution is -2.43. The fraction of sp³-hybridized carbons (Fsp3) is 0.533. The topological polar surface area (TPSA) is 89.9 Å². The van der Waals surface area contributed by atoms with E-state index in [0.717, 1.165) is 24.7 Å². The fourth-order valence-corrected chi connectivity index (χ4v) is 3.12. The van der Waals surface area contributed by atoms with Crippen LogP contribution in [-0.4, -0.2) is 57.0 Å². The van der Waals surface area contributed by atoms with E-state index in [0.29, 0.717) is 18.8 Å². The molecule has 1 fully saturated rings. The van der Waals surface area contributed by atoms with E-state index < -0.39 is 10.0 Å². The average Bonchev–Trinajstić information content (AvgIpc) is 3.00. The summed E-state index contributed by atoms with van der Waals surface area (Å²) in [6, 6.07) is 6.70. The van der Waals surface area contributed by atoms with Gasteiger partial charge in [-0.2, -0.15) is 0 Å². The monoisotopic (exact) mass is 341 g/mol. The maximum absolute atomic E-state index is 12.2. The zero-order chi connectivity index (χ0) is 17.0. The lowest BCUT2D eigenvalue weighted by molar-refractivity contribution is 0.157. The van der Waals surface area contributed by atoms with Crippen molar-refractivity contribution in [1.29, 1.82) is 0 Å². The molecule has 8 heteroatoms. The van der Waals surface area contributed by atoms with Crippen LogP contribution in [0.4, 0.5) is 10.5 Å². The summed E-state index contributed by atoms with van der Waals surface area (Å²) in [6.45, 7) is 0.925. The lowest BCUT2D eigenvalue weighted by atomic mass is 10.2. The molecular weight excluding hydrogens is 318 g/mol. The first-order valence-electron chi connectivity index (χ1n) is 7.51. The highest BCUT2D eigenvalue weighted by atomic mass is 32.2. The van der Waals surface area contributed by atoms with Crippen LogP contribution in [0.5, 0.6) is 0 Å². The molecule has 0 unspecified atom stereocenters. The van der Waals surface area contributed by atoms with E-state index >= 15 is 0 Å². The van der Waals surface area contributed by atoms with Crippen molar-refractivity contribution in [3.8, 4) is 0 Å². The van der Waals surface area contributed by atoms with Gasteiger partial charge in [0.15, 0.2) is 0 Å². The molecule has 1 aromatic carbocycles. The van der Waals surface area contributed by atoms with Gasteiger partial charge in [-0.1, -0.05) is 12.1 Å². The number of aliphatic hydroxyl groups excluding tert-OH is 1. The van der Waals surface area contributed by atoms with Crippen LogP contribution in [0.1, 0.15) is 18.4 Å². The molecule has 128 valence electrons. The Labute approximate surface area is 136 Å². The maximum atomic E-state index is 12.2. The molecule has 2 rings (SSSR count). The largest absolute Gasteiger partial charge is 0.394 e. The Bertz CT molecular complexity index is 662. The Hall–Kier alpha value is -1.80. The van der Waals surface area contributed by atoms with Crippen LogP contribution in [-0.2, 0) is 16.6 Å². The minimum Gasteiger partial charge on any atom is -0.394 e. The number of aliphatic hydroxyl groups is 1. The van der Waals surface area contributed by atoms with Crippen molar-refractivity contribution in [3.63, 3.8) is 0 Å². The maximum Gasteiger partial charge on any atom is 0.317 e. The summed E-state index contributed by atoms with van der Waals surface area (Å²) in [5.74, 6) is 0. The van der Waals surface area contributed by atoms with Crippen LogP contribution in [0.3, 0.4) is 0 Å². The summed E-state index contributed by atoms with van der Waals surface area (Å²) >= 11 is 0. The zero-order valence-corrected chi connectivity index (χ0v) is 14.2. The second-order valence-electron chi connectivity index (χ2n) is 5.73. The predicted octanol–water partition coefficient (Wildman–Crippen LogP) is 0.749. The Kier molecular flexibility index (Phi) is 5.48. The van der Waals surface area contributed by atoms with Gasteiger partial charge in [-0.15, -0.1) is 0 Å². The van der Waals surface area contributed by atoms with Gasteiger partial charge < -0.3 is 15.3 Å². The van der Waals surface area contributed by atoms with Gasteiger partial charge in [0.05, 0.1) is 24.6 Å². The molecule has 0 aromatic heterocycles. The van der Waals surface area contributed by atoms with E-state index in [4.69, 9.17) is 0 Å². The Morgan fingerprint density at radius 2 is 2.22 bits per heavy atom. The standard InChI is InChI=1S/C15H23N3O4S/c1-17(23(2,21)22)13-6-3-5-12(9-13)10-16-15(20)18-8-4-7-14(18)11-19/h3,5-6,9,14,19H,4,7-8,10-11H2,1-2H3,(H,16,20)/t14-/m0/s1. The van der Waals surface area contributed by atoms with Gasteiger partial charge >= 0.3 is 6.03 Å². The number of urea groups is 1. The molecule has 0 saturated carbocycles. The van der Waals surface area contributed by atoms with Crippen molar-refractivity contribution < 1.29 is 18.3 Å². The smallest absolute Gasteiger partial charge is 0.317 e. The molecule has 1 saturated heterocycles. The molecule has 1 heterocycles. The number of carbonyl (C=O) groups is 1. The van der Waals surface area contributed by atoms with Gasteiger partial charge in [0.25, 0.3) is 0 Å². The molecule has 1 aliphatic heterocycles. The third-order valence-electron chi connectivity index (χ3n) is 4.06. The number of nitrogens with zero attached hydrogens (tertiary/aromatic N) is 2. The van der Waals surface area contributed by atoms with Gasteiger partial charge in [0, 0.05) is 20.1 Å². The number of benzene rings is 1. The molecule has 1 atom stereocenters. The molecule has 1 aromatic rings. The molecule has 23 heavy (non-hydrogen) atoms. The van der Waals surface area contributed by atoms with E-state index in [1.54, 1.807) is 23.1 Å². The van der Waals surface area contributed by atoms with Gasteiger partial charge in [-0.25, -0.2) is 13.2 Å².